The third-order valence-corrected chi connectivity index (χ3v) is 4.08. The number of carbonyl (C=O) groups excluding carboxylic acids is 1. The number of carbonyl (C=O) groups is 1. The van der Waals surface area contributed by atoms with Gasteiger partial charge in [-0.2, -0.15) is 4.37 Å². The van der Waals surface area contributed by atoms with Crippen LogP contribution in [0.3, 0.4) is 0 Å². The molecule has 0 spiro atoms. The molecule has 1 unspecified atom stereocenters. The van der Waals surface area contributed by atoms with Gasteiger partial charge in [-0.25, -0.2) is 9.78 Å². The van der Waals surface area contributed by atoms with E-state index >= 15 is 0 Å². The first-order chi connectivity index (χ1) is 9.26. The van der Waals surface area contributed by atoms with E-state index in [0.717, 1.165) is 23.9 Å². The molecule has 0 aliphatic carbocycles. The van der Waals surface area contributed by atoms with Gasteiger partial charge in [0.05, 0.1) is 6.04 Å². The molecule has 0 N–H and O–H groups in total. The molecule has 6 nitrogen and oxygen atoms in total. The fourth-order valence-electron chi connectivity index (χ4n) is 2.14. The van der Waals surface area contributed by atoms with E-state index < -0.39 is 5.60 Å². The summed E-state index contributed by atoms with van der Waals surface area (Å²) in [6.07, 6.45) is 0.691. The van der Waals surface area contributed by atoms with Crippen molar-refractivity contribution in [3.8, 4) is 0 Å². The molecule has 1 aliphatic heterocycles. The van der Waals surface area contributed by atoms with Gasteiger partial charge in [0.15, 0.2) is 0 Å². The van der Waals surface area contributed by atoms with Gasteiger partial charge in [-0.05, 0) is 34.1 Å². The van der Waals surface area contributed by atoms with Gasteiger partial charge in [-0.15, -0.1) is 0 Å². The average molecular weight is 298 g/mol. The van der Waals surface area contributed by atoms with Crippen LogP contribution in [0, 0.1) is 6.92 Å². The summed E-state index contributed by atoms with van der Waals surface area (Å²) in [5, 5.41) is 0.901. The summed E-state index contributed by atoms with van der Waals surface area (Å²) in [6, 6.07) is 0.273. The quantitative estimate of drug-likeness (QED) is 0.838. The first kappa shape index (κ1) is 15.0. The number of anilines is 1. The molecule has 1 saturated heterocycles. The minimum atomic E-state index is -0.447. The molecule has 1 amide bonds. The maximum absolute atomic E-state index is 12.0. The molecule has 1 aliphatic rings. The number of ether oxygens (including phenoxy) is 1. The zero-order valence-electron chi connectivity index (χ0n) is 12.7. The van der Waals surface area contributed by atoms with Gasteiger partial charge in [0.1, 0.15) is 11.4 Å². The smallest absolute Gasteiger partial charge is 0.410 e. The Balaban J connectivity index is 1.93. The Morgan fingerprint density at radius 2 is 2.20 bits per heavy atom. The zero-order chi connectivity index (χ0) is 14.9. The zero-order valence-corrected chi connectivity index (χ0v) is 13.5. The Bertz CT molecular complexity index is 483. The summed E-state index contributed by atoms with van der Waals surface area (Å²) >= 11 is 1.39. The van der Waals surface area contributed by atoms with Crippen LogP contribution >= 0.6 is 11.5 Å². The highest BCUT2D eigenvalue weighted by atomic mass is 32.1. The first-order valence-corrected chi connectivity index (χ1v) is 7.54. The van der Waals surface area contributed by atoms with E-state index in [4.69, 9.17) is 4.74 Å². The van der Waals surface area contributed by atoms with Gasteiger partial charge in [0, 0.05) is 31.7 Å². The summed E-state index contributed by atoms with van der Waals surface area (Å²) in [5.41, 5.74) is -0.447. The van der Waals surface area contributed by atoms with Crippen molar-refractivity contribution in [2.45, 2.75) is 45.8 Å². The standard InChI is InChI=1S/C13H22N4O2S/c1-9-14-11(20-15-9)16(5)10-6-7-17(8-10)12(18)19-13(2,3)4/h10H,6-8H2,1-5H3. The normalized spacial score (nSPS) is 19.2. The molecule has 20 heavy (non-hydrogen) atoms. The maximum Gasteiger partial charge on any atom is 0.410 e. The van der Waals surface area contributed by atoms with E-state index in [2.05, 4.69) is 14.3 Å². The monoisotopic (exact) mass is 298 g/mol. The van der Waals surface area contributed by atoms with Crippen LogP contribution in [0.5, 0.6) is 0 Å². The number of aryl methyl sites for hydroxylation is 1. The largest absolute Gasteiger partial charge is 0.444 e. The number of likely N-dealkylation sites (N-methyl/N-ethyl adjacent to an activating group) is 1. The van der Waals surface area contributed by atoms with Crippen molar-refractivity contribution >= 4 is 22.8 Å². The van der Waals surface area contributed by atoms with Crippen LogP contribution in [-0.2, 0) is 4.74 Å². The van der Waals surface area contributed by atoms with Gasteiger partial charge in [0.25, 0.3) is 0 Å². The third-order valence-electron chi connectivity index (χ3n) is 3.18. The van der Waals surface area contributed by atoms with Crippen molar-refractivity contribution in [2.75, 3.05) is 25.0 Å². The minimum Gasteiger partial charge on any atom is -0.444 e. The SMILES string of the molecule is Cc1nsc(N(C)C2CCN(C(=O)OC(C)(C)C)C2)n1. The third kappa shape index (κ3) is 3.59. The van der Waals surface area contributed by atoms with Gasteiger partial charge in [0.2, 0.25) is 5.13 Å². The van der Waals surface area contributed by atoms with Crippen molar-refractivity contribution in [3.05, 3.63) is 5.82 Å². The molecule has 0 radical (unpaired) electrons. The molecule has 2 heterocycles. The molecule has 1 aromatic rings. The van der Waals surface area contributed by atoms with Crippen LogP contribution in [-0.4, -0.2) is 52.1 Å². The second kappa shape index (κ2) is 5.55. The van der Waals surface area contributed by atoms with Crippen molar-refractivity contribution in [3.63, 3.8) is 0 Å². The average Bonchev–Trinajstić information content (AvgIpc) is 2.94. The molecule has 0 bridgehead atoms. The van der Waals surface area contributed by atoms with E-state index in [0.29, 0.717) is 6.54 Å². The van der Waals surface area contributed by atoms with Crippen molar-refractivity contribution in [1.29, 1.82) is 0 Å². The summed E-state index contributed by atoms with van der Waals surface area (Å²) in [5.74, 6) is 0.791. The Labute approximate surface area is 123 Å². The van der Waals surface area contributed by atoms with Gasteiger partial charge in [-0.3, -0.25) is 0 Å². The highest BCUT2D eigenvalue weighted by molar-refractivity contribution is 7.09. The van der Waals surface area contributed by atoms with Gasteiger partial charge < -0.3 is 14.5 Å². The van der Waals surface area contributed by atoms with Crippen LogP contribution in [0.1, 0.15) is 33.0 Å². The molecule has 1 fully saturated rings. The van der Waals surface area contributed by atoms with E-state index in [1.807, 2.05) is 34.7 Å². The number of hydrogen-bond donors (Lipinski definition) is 0. The number of hydrogen-bond acceptors (Lipinski definition) is 6. The lowest BCUT2D eigenvalue weighted by molar-refractivity contribution is 0.0292. The molecular formula is C13H22N4O2S. The van der Waals surface area contributed by atoms with Crippen molar-refractivity contribution in [1.82, 2.24) is 14.3 Å². The Morgan fingerprint density at radius 3 is 2.75 bits per heavy atom. The van der Waals surface area contributed by atoms with E-state index in [1.165, 1.54) is 11.5 Å². The maximum atomic E-state index is 12.0. The van der Waals surface area contributed by atoms with Crippen LogP contribution in [0.4, 0.5) is 9.93 Å². The number of rotatable bonds is 2. The van der Waals surface area contributed by atoms with Crippen LogP contribution in [0.25, 0.3) is 0 Å². The number of nitrogens with zero attached hydrogens (tertiary/aromatic N) is 4. The predicted molar refractivity (Wildman–Crippen MR) is 79.3 cm³/mol. The molecule has 2 rings (SSSR count). The molecule has 112 valence electrons. The lowest BCUT2D eigenvalue weighted by atomic mass is 10.2. The topological polar surface area (TPSA) is 58.6 Å². The minimum absolute atomic E-state index is 0.234. The summed E-state index contributed by atoms with van der Waals surface area (Å²) in [6.45, 7) is 8.93. The van der Waals surface area contributed by atoms with E-state index in [9.17, 15) is 4.79 Å². The van der Waals surface area contributed by atoms with Gasteiger partial charge in [-0.1, -0.05) is 0 Å². The summed E-state index contributed by atoms with van der Waals surface area (Å²) < 4.78 is 9.60. The molecule has 7 heteroatoms. The molecule has 0 aromatic carbocycles. The lowest BCUT2D eigenvalue weighted by Crippen LogP contribution is -2.39. The molecule has 1 aromatic heterocycles. The molecule has 1 atom stereocenters. The van der Waals surface area contributed by atoms with Crippen molar-refractivity contribution in [2.24, 2.45) is 0 Å². The Morgan fingerprint density at radius 1 is 1.50 bits per heavy atom. The first-order valence-electron chi connectivity index (χ1n) is 6.77. The van der Waals surface area contributed by atoms with Crippen LogP contribution in [0.15, 0.2) is 0 Å². The number of amides is 1. The highest BCUT2D eigenvalue weighted by Gasteiger charge is 2.32. The van der Waals surface area contributed by atoms with Gasteiger partial charge >= 0.3 is 6.09 Å². The second-order valence-corrected chi connectivity index (χ2v) is 6.83. The number of aromatic nitrogens is 2. The second-order valence-electron chi connectivity index (χ2n) is 6.10. The molecule has 0 saturated carbocycles. The Hall–Kier alpha value is -1.37. The summed E-state index contributed by atoms with van der Waals surface area (Å²) in [7, 11) is 2.00. The Kier molecular flexibility index (Phi) is 4.17. The van der Waals surface area contributed by atoms with Crippen LogP contribution < -0.4 is 4.90 Å². The van der Waals surface area contributed by atoms with Crippen LogP contribution in [0.2, 0.25) is 0 Å². The van der Waals surface area contributed by atoms with E-state index in [1.54, 1.807) is 4.90 Å². The lowest BCUT2D eigenvalue weighted by Gasteiger charge is -2.26. The summed E-state index contributed by atoms with van der Waals surface area (Å²) in [4.78, 5) is 20.3. The fourth-order valence-corrected chi connectivity index (χ4v) is 2.84. The van der Waals surface area contributed by atoms with Crippen molar-refractivity contribution < 1.29 is 9.53 Å². The number of likely N-dealkylation sites (tertiary alicyclic amines) is 1. The fraction of sp³-hybridized carbons (Fsp3) is 0.769. The van der Waals surface area contributed by atoms with E-state index in [-0.39, 0.29) is 12.1 Å². The predicted octanol–water partition coefficient (Wildman–Crippen LogP) is 2.29. The highest BCUT2D eigenvalue weighted by Crippen LogP contribution is 2.24. The molecular weight excluding hydrogens is 276 g/mol.